The molecule has 0 aliphatic heterocycles. The van der Waals surface area contributed by atoms with Gasteiger partial charge in [-0.25, -0.2) is 9.97 Å². The minimum absolute atomic E-state index is 0.224. The first-order valence-corrected chi connectivity index (χ1v) is 4.01. The van der Waals surface area contributed by atoms with Crippen LogP contribution in [-0.4, -0.2) is 28.9 Å². The lowest BCUT2D eigenvalue weighted by molar-refractivity contribution is 0.325. The lowest BCUT2D eigenvalue weighted by atomic mass is 10.4. The van der Waals surface area contributed by atoms with Crippen molar-refractivity contribution in [1.82, 2.24) is 9.97 Å². The van der Waals surface area contributed by atoms with E-state index in [-0.39, 0.29) is 6.73 Å². The maximum Gasteiger partial charge on any atom is 0.161 e. The van der Waals surface area contributed by atoms with Gasteiger partial charge in [0.15, 0.2) is 11.6 Å². The van der Waals surface area contributed by atoms with Crippen molar-refractivity contribution in [3.05, 3.63) is 19.1 Å². The molecule has 0 aliphatic carbocycles. The van der Waals surface area contributed by atoms with Crippen LogP contribution in [0.2, 0.25) is 0 Å². The maximum atomic E-state index is 8.67. The van der Waals surface area contributed by atoms with Crippen LogP contribution in [0.3, 0.4) is 0 Å². The first-order chi connectivity index (χ1) is 6.70. The number of rotatable bonds is 4. The third kappa shape index (κ3) is 1.91. The summed E-state index contributed by atoms with van der Waals surface area (Å²) >= 11 is 0. The lowest BCUT2D eigenvalue weighted by Gasteiger charge is -2.15. The van der Waals surface area contributed by atoms with E-state index in [1.165, 1.54) is 6.33 Å². The van der Waals surface area contributed by atoms with Crippen LogP contribution in [0.5, 0.6) is 0 Å². The SMILES string of the molecule is C=CN(C)c1ncnc(NCO)c1N. The number of nitrogens with one attached hydrogen (secondary N) is 1. The van der Waals surface area contributed by atoms with Crippen LogP contribution < -0.4 is 16.0 Å². The van der Waals surface area contributed by atoms with Crippen LogP contribution in [-0.2, 0) is 0 Å². The highest BCUT2D eigenvalue weighted by atomic mass is 16.3. The molecule has 1 aromatic rings. The molecular weight excluding hydrogens is 182 g/mol. The van der Waals surface area contributed by atoms with Crippen LogP contribution in [0.4, 0.5) is 17.3 Å². The number of nitrogens with two attached hydrogens (primary N) is 1. The molecule has 0 amide bonds. The summed E-state index contributed by atoms with van der Waals surface area (Å²) < 4.78 is 0. The first kappa shape index (κ1) is 10.3. The molecule has 0 saturated carbocycles. The molecule has 76 valence electrons. The fourth-order valence-electron chi connectivity index (χ4n) is 0.970. The second-order valence-electron chi connectivity index (χ2n) is 2.59. The maximum absolute atomic E-state index is 8.67. The summed E-state index contributed by atoms with van der Waals surface area (Å²) in [6, 6.07) is 0. The Balaban J connectivity index is 3.06. The zero-order valence-corrected chi connectivity index (χ0v) is 7.94. The third-order valence-corrected chi connectivity index (χ3v) is 1.72. The Hall–Kier alpha value is -1.82. The van der Waals surface area contributed by atoms with E-state index in [9.17, 15) is 0 Å². The van der Waals surface area contributed by atoms with E-state index in [0.29, 0.717) is 17.3 Å². The van der Waals surface area contributed by atoms with Crippen LogP contribution in [0.15, 0.2) is 19.1 Å². The van der Waals surface area contributed by atoms with E-state index >= 15 is 0 Å². The molecule has 1 rings (SSSR count). The van der Waals surface area contributed by atoms with E-state index in [4.69, 9.17) is 10.8 Å². The molecule has 0 aromatic carbocycles. The number of nitrogen functional groups attached to an aromatic ring is 1. The lowest BCUT2D eigenvalue weighted by Crippen LogP contribution is -2.14. The Labute approximate surface area is 82.1 Å². The smallest absolute Gasteiger partial charge is 0.161 e. The van der Waals surface area contributed by atoms with Crippen molar-refractivity contribution < 1.29 is 5.11 Å². The van der Waals surface area contributed by atoms with E-state index in [1.807, 2.05) is 0 Å². The summed E-state index contributed by atoms with van der Waals surface area (Å²) in [5.74, 6) is 0.956. The van der Waals surface area contributed by atoms with Gasteiger partial charge in [0.2, 0.25) is 0 Å². The summed E-state index contributed by atoms with van der Waals surface area (Å²) in [4.78, 5) is 9.53. The second kappa shape index (κ2) is 4.43. The Morgan fingerprint density at radius 3 is 3.00 bits per heavy atom. The second-order valence-corrected chi connectivity index (χ2v) is 2.59. The van der Waals surface area contributed by atoms with Gasteiger partial charge in [-0.15, -0.1) is 0 Å². The third-order valence-electron chi connectivity index (χ3n) is 1.72. The molecule has 0 radical (unpaired) electrons. The average molecular weight is 195 g/mol. The first-order valence-electron chi connectivity index (χ1n) is 4.01. The molecule has 0 aliphatic rings. The molecule has 0 atom stereocenters. The number of hydrogen-bond donors (Lipinski definition) is 3. The predicted octanol–water partition coefficient (Wildman–Crippen LogP) is 0.000200. The average Bonchev–Trinajstić information content (AvgIpc) is 2.20. The quantitative estimate of drug-likeness (QED) is 0.586. The van der Waals surface area contributed by atoms with Gasteiger partial charge in [0.1, 0.15) is 18.7 Å². The Morgan fingerprint density at radius 2 is 2.43 bits per heavy atom. The monoisotopic (exact) mass is 195 g/mol. The van der Waals surface area contributed by atoms with Crippen molar-refractivity contribution in [2.75, 3.05) is 29.7 Å². The van der Waals surface area contributed by atoms with Gasteiger partial charge in [-0.2, -0.15) is 0 Å². The number of aromatic nitrogens is 2. The Kier molecular flexibility index (Phi) is 3.24. The fraction of sp³-hybridized carbons (Fsp3) is 0.250. The number of anilines is 3. The Morgan fingerprint density at radius 1 is 1.71 bits per heavy atom. The topological polar surface area (TPSA) is 87.3 Å². The van der Waals surface area contributed by atoms with E-state index in [0.717, 1.165) is 0 Å². The van der Waals surface area contributed by atoms with Crippen molar-refractivity contribution in [2.24, 2.45) is 0 Å². The highest BCUT2D eigenvalue weighted by Gasteiger charge is 2.09. The van der Waals surface area contributed by atoms with Crippen molar-refractivity contribution in [3.63, 3.8) is 0 Å². The summed E-state index contributed by atoms with van der Waals surface area (Å²) in [6.07, 6.45) is 2.95. The Bertz CT molecular complexity index is 328. The van der Waals surface area contributed by atoms with Crippen LogP contribution in [0.1, 0.15) is 0 Å². The molecular formula is C8H13N5O. The number of nitrogens with zero attached hydrogens (tertiary/aromatic N) is 3. The molecule has 1 aromatic heterocycles. The predicted molar refractivity (Wildman–Crippen MR) is 55.8 cm³/mol. The van der Waals surface area contributed by atoms with Crippen molar-refractivity contribution >= 4 is 17.3 Å². The van der Waals surface area contributed by atoms with Crippen molar-refractivity contribution in [1.29, 1.82) is 0 Å². The summed E-state index contributed by atoms with van der Waals surface area (Å²) in [7, 11) is 1.77. The molecule has 0 fully saturated rings. The molecule has 0 saturated heterocycles. The molecule has 0 spiro atoms. The minimum atomic E-state index is -0.224. The van der Waals surface area contributed by atoms with Gasteiger partial charge in [-0.05, 0) is 6.20 Å². The van der Waals surface area contributed by atoms with Gasteiger partial charge in [-0.3, -0.25) is 0 Å². The van der Waals surface area contributed by atoms with Crippen LogP contribution in [0, 0.1) is 0 Å². The van der Waals surface area contributed by atoms with E-state index in [1.54, 1.807) is 18.1 Å². The fourth-order valence-corrected chi connectivity index (χ4v) is 0.970. The summed E-state index contributed by atoms with van der Waals surface area (Å²) in [5, 5.41) is 11.3. The van der Waals surface area contributed by atoms with Gasteiger partial charge in [0.05, 0.1) is 0 Å². The summed E-state index contributed by atoms with van der Waals surface area (Å²) in [5.41, 5.74) is 6.14. The number of hydrogen-bond acceptors (Lipinski definition) is 6. The molecule has 6 nitrogen and oxygen atoms in total. The minimum Gasteiger partial charge on any atom is -0.393 e. The molecule has 6 heteroatoms. The highest BCUT2D eigenvalue weighted by Crippen LogP contribution is 2.24. The van der Waals surface area contributed by atoms with Gasteiger partial charge in [0.25, 0.3) is 0 Å². The number of aliphatic hydroxyl groups is 1. The molecule has 0 bridgehead atoms. The van der Waals surface area contributed by atoms with Crippen molar-refractivity contribution in [3.8, 4) is 0 Å². The molecule has 1 heterocycles. The number of aliphatic hydroxyl groups excluding tert-OH is 1. The van der Waals surface area contributed by atoms with Crippen LogP contribution >= 0.6 is 0 Å². The van der Waals surface area contributed by atoms with Gasteiger partial charge in [0, 0.05) is 7.05 Å². The van der Waals surface area contributed by atoms with E-state index < -0.39 is 0 Å². The highest BCUT2D eigenvalue weighted by molar-refractivity contribution is 5.75. The van der Waals surface area contributed by atoms with Gasteiger partial charge >= 0.3 is 0 Å². The molecule has 14 heavy (non-hydrogen) atoms. The zero-order valence-electron chi connectivity index (χ0n) is 7.94. The van der Waals surface area contributed by atoms with Crippen molar-refractivity contribution in [2.45, 2.75) is 0 Å². The standard InChI is InChI=1S/C8H13N5O/c1-3-13(2)8-6(9)7(12-5-14)10-4-11-8/h3-4,14H,1,5,9H2,2H3,(H,10,11,12). The summed E-state index contributed by atoms with van der Waals surface area (Å²) in [6.45, 7) is 3.37. The van der Waals surface area contributed by atoms with Gasteiger partial charge in [-0.1, -0.05) is 6.58 Å². The normalized spacial score (nSPS) is 9.57. The van der Waals surface area contributed by atoms with E-state index in [2.05, 4.69) is 21.9 Å². The van der Waals surface area contributed by atoms with Crippen LogP contribution in [0.25, 0.3) is 0 Å². The largest absolute Gasteiger partial charge is 0.393 e. The van der Waals surface area contributed by atoms with Gasteiger partial charge < -0.3 is 21.1 Å². The molecule has 0 unspecified atom stereocenters. The zero-order chi connectivity index (χ0) is 10.6. The molecule has 4 N–H and O–H groups in total.